The molecule has 4 heteroatoms. The van der Waals surface area contributed by atoms with Crippen LogP contribution in [0.1, 0.15) is 0 Å². The van der Waals surface area contributed by atoms with Crippen LogP contribution in [-0.2, 0) is 9.53 Å². The molecule has 7 rings (SSSR count). The number of hydrogen-bond donors (Lipinski definition) is 0. The summed E-state index contributed by atoms with van der Waals surface area (Å²) in [4.78, 5) is 14.6. The molecule has 4 heterocycles. The third-order valence-electron chi connectivity index (χ3n) is 5.10. The maximum atomic E-state index is 12.8. The first-order chi connectivity index (χ1) is 9.13. The van der Waals surface area contributed by atoms with Crippen molar-refractivity contribution in [1.29, 1.82) is 5.26 Å². The summed E-state index contributed by atoms with van der Waals surface area (Å²) in [6, 6.07) is 2.25. The Labute approximate surface area is 111 Å². The van der Waals surface area contributed by atoms with Crippen molar-refractivity contribution in [2.24, 2.45) is 16.7 Å². The number of carbonyl (C=O) groups is 1. The Hall–Kier alpha value is -1.86. The zero-order valence-corrected chi connectivity index (χ0v) is 10.7. The lowest BCUT2D eigenvalue weighted by molar-refractivity contribution is -0.144. The molecule has 1 amide bonds. The number of amides is 1. The fraction of sp³-hybridized carbons (Fsp3) is 0.467. The summed E-state index contributed by atoms with van der Waals surface area (Å²) in [7, 11) is 1.83. The molecule has 3 aliphatic carbocycles. The van der Waals surface area contributed by atoms with E-state index < -0.39 is 10.8 Å². The Bertz CT molecular complexity index is 612. The van der Waals surface area contributed by atoms with Gasteiger partial charge in [0.15, 0.2) is 0 Å². The molecule has 4 nitrogen and oxygen atoms in total. The molecule has 2 spiro atoms. The van der Waals surface area contributed by atoms with E-state index in [1.54, 1.807) is 4.90 Å². The molecule has 1 saturated heterocycles. The van der Waals surface area contributed by atoms with Crippen LogP contribution in [-0.4, -0.2) is 37.1 Å². The van der Waals surface area contributed by atoms with Crippen molar-refractivity contribution in [1.82, 2.24) is 4.90 Å². The molecule has 4 aliphatic heterocycles. The van der Waals surface area contributed by atoms with Gasteiger partial charge < -0.3 is 9.64 Å². The third-order valence-corrected chi connectivity index (χ3v) is 5.10. The lowest BCUT2D eigenvalue weighted by Gasteiger charge is -2.50. The van der Waals surface area contributed by atoms with E-state index >= 15 is 0 Å². The first-order valence-corrected chi connectivity index (χ1v) is 6.50. The number of rotatable bonds is 0. The fourth-order valence-electron chi connectivity index (χ4n) is 3.95. The first-order valence-electron chi connectivity index (χ1n) is 6.50. The number of ether oxygens (including phenoxy) is 1. The predicted octanol–water partition coefficient (Wildman–Crippen LogP) is 1.04. The molecule has 0 aromatic carbocycles. The fourth-order valence-corrected chi connectivity index (χ4v) is 3.95. The highest BCUT2D eigenvalue weighted by Gasteiger charge is 2.62. The van der Waals surface area contributed by atoms with E-state index in [0.717, 1.165) is 5.57 Å². The van der Waals surface area contributed by atoms with Gasteiger partial charge in [-0.2, -0.15) is 5.26 Å². The van der Waals surface area contributed by atoms with Crippen LogP contribution in [0.3, 0.4) is 0 Å². The van der Waals surface area contributed by atoms with Gasteiger partial charge in [-0.3, -0.25) is 4.79 Å². The van der Waals surface area contributed by atoms with Crippen LogP contribution < -0.4 is 0 Å². The summed E-state index contributed by atoms with van der Waals surface area (Å²) >= 11 is 0. The largest absolute Gasteiger partial charge is 0.379 e. The summed E-state index contributed by atoms with van der Waals surface area (Å²) in [5.41, 5.74) is -0.393. The SMILES string of the molecule is CN1C(=O)[C@@]23C=C[C@@H]1[C@H]1C=C[C@@]2(C=C1C#N)COC3. The Kier molecular flexibility index (Phi) is 1.84. The topological polar surface area (TPSA) is 53.3 Å². The highest BCUT2D eigenvalue weighted by Crippen LogP contribution is 2.56. The molecule has 0 aromatic rings. The Morgan fingerprint density at radius 1 is 1.42 bits per heavy atom. The summed E-state index contributed by atoms with van der Waals surface area (Å²) in [5, 5.41) is 9.40. The van der Waals surface area contributed by atoms with Crippen LogP contribution in [0.2, 0.25) is 0 Å². The van der Waals surface area contributed by atoms with Gasteiger partial charge in [-0.1, -0.05) is 30.4 Å². The average Bonchev–Trinajstić information content (AvgIpc) is 2.71. The van der Waals surface area contributed by atoms with E-state index in [9.17, 15) is 10.1 Å². The Balaban J connectivity index is 2.06. The van der Waals surface area contributed by atoms with Crippen LogP contribution in [0.25, 0.3) is 0 Å². The van der Waals surface area contributed by atoms with Gasteiger partial charge in [0, 0.05) is 18.5 Å². The van der Waals surface area contributed by atoms with Crippen molar-refractivity contribution in [3.63, 3.8) is 0 Å². The minimum Gasteiger partial charge on any atom is -0.379 e. The standard InChI is InChI=1S/C15H14N2O2/c1-17-12-3-5-15(13(17)18)9-19-8-14(15)4-2-11(12)10(6-14)7-16/h2-6,11-12H,8-9H2,1H3/t11-,12+,14+,15-/m0/s1. The summed E-state index contributed by atoms with van der Waals surface area (Å²) in [5.74, 6) is 0.0832. The van der Waals surface area contributed by atoms with Crippen LogP contribution in [0.4, 0.5) is 0 Å². The average molecular weight is 254 g/mol. The maximum absolute atomic E-state index is 12.8. The van der Waals surface area contributed by atoms with E-state index in [0.29, 0.717) is 13.2 Å². The molecule has 0 saturated carbocycles. The highest BCUT2D eigenvalue weighted by atomic mass is 16.5. The van der Waals surface area contributed by atoms with Gasteiger partial charge in [-0.05, 0) is 0 Å². The second-order valence-electron chi connectivity index (χ2n) is 5.87. The van der Waals surface area contributed by atoms with E-state index in [-0.39, 0.29) is 17.9 Å². The van der Waals surface area contributed by atoms with Gasteiger partial charge >= 0.3 is 0 Å². The molecule has 7 aliphatic rings. The van der Waals surface area contributed by atoms with E-state index in [2.05, 4.69) is 24.3 Å². The first kappa shape index (κ1) is 11.0. The van der Waals surface area contributed by atoms with E-state index in [4.69, 9.17) is 4.74 Å². The number of nitriles is 1. The predicted molar refractivity (Wildman–Crippen MR) is 67.7 cm³/mol. The molecule has 0 unspecified atom stereocenters. The summed E-state index contributed by atoms with van der Waals surface area (Å²) in [6.45, 7) is 0.861. The smallest absolute Gasteiger partial charge is 0.236 e. The molecule has 4 bridgehead atoms. The van der Waals surface area contributed by atoms with Crippen molar-refractivity contribution >= 4 is 5.91 Å². The van der Waals surface area contributed by atoms with Gasteiger partial charge in [-0.25, -0.2) is 0 Å². The van der Waals surface area contributed by atoms with Crippen LogP contribution in [0.15, 0.2) is 36.0 Å². The quantitative estimate of drug-likeness (QED) is 0.607. The van der Waals surface area contributed by atoms with Crippen molar-refractivity contribution in [3.05, 3.63) is 36.0 Å². The van der Waals surface area contributed by atoms with Crippen molar-refractivity contribution in [2.45, 2.75) is 6.04 Å². The second-order valence-corrected chi connectivity index (χ2v) is 5.87. The van der Waals surface area contributed by atoms with Gasteiger partial charge in [0.1, 0.15) is 5.41 Å². The molecular formula is C15H14N2O2. The number of hydrogen-bond acceptors (Lipinski definition) is 3. The number of nitrogens with zero attached hydrogens (tertiary/aromatic N) is 2. The lowest BCUT2D eigenvalue weighted by atomic mass is 9.57. The summed E-state index contributed by atoms with van der Waals surface area (Å²) < 4.78 is 5.65. The Morgan fingerprint density at radius 2 is 2.26 bits per heavy atom. The van der Waals surface area contributed by atoms with Crippen LogP contribution >= 0.6 is 0 Å². The molecular weight excluding hydrogens is 240 g/mol. The van der Waals surface area contributed by atoms with Crippen LogP contribution in [0.5, 0.6) is 0 Å². The van der Waals surface area contributed by atoms with E-state index in [1.165, 1.54) is 0 Å². The summed E-state index contributed by atoms with van der Waals surface area (Å²) in [6.07, 6.45) is 10.2. The molecule has 0 N–H and O–H groups in total. The number of likely N-dealkylation sites (N-methyl/N-ethyl adjacent to an activating group) is 1. The molecule has 0 aromatic heterocycles. The van der Waals surface area contributed by atoms with Gasteiger partial charge in [0.2, 0.25) is 5.91 Å². The molecule has 19 heavy (non-hydrogen) atoms. The van der Waals surface area contributed by atoms with Crippen molar-refractivity contribution < 1.29 is 9.53 Å². The minimum atomic E-state index is -0.664. The zero-order valence-electron chi connectivity index (χ0n) is 10.7. The second kappa shape index (κ2) is 3.17. The monoisotopic (exact) mass is 254 g/mol. The van der Waals surface area contributed by atoms with E-state index in [1.807, 2.05) is 19.2 Å². The highest BCUT2D eigenvalue weighted by molar-refractivity contribution is 5.89. The molecule has 0 radical (unpaired) electrons. The van der Waals surface area contributed by atoms with Gasteiger partial charge in [0.05, 0.1) is 30.7 Å². The third kappa shape index (κ3) is 1.02. The molecule has 4 atom stereocenters. The van der Waals surface area contributed by atoms with Crippen molar-refractivity contribution in [3.8, 4) is 6.07 Å². The van der Waals surface area contributed by atoms with Crippen LogP contribution in [0, 0.1) is 28.1 Å². The zero-order chi connectivity index (χ0) is 13.3. The minimum absolute atomic E-state index is 0.0280. The lowest BCUT2D eigenvalue weighted by Crippen LogP contribution is -2.59. The van der Waals surface area contributed by atoms with Gasteiger partial charge in [-0.15, -0.1) is 0 Å². The normalized spacial score (nSPS) is 45.8. The molecule has 96 valence electrons. The number of carbonyl (C=O) groups excluding carboxylic acids is 1. The Morgan fingerprint density at radius 3 is 3.05 bits per heavy atom. The molecule has 1 fully saturated rings. The maximum Gasteiger partial charge on any atom is 0.236 e. The van der Waals surface area contributed by atoms with Crippen molar-refractivity contribution in [2.75, 3.05) is 20.3 Å². The van der Waals surface area contributed by atoms with Gasteiger partial charge in [0.25, 0.3) is 0 Å².